The molecule has 2 fully saturated rings. The molecule has 2 heterocycles. The highest BCUT2D eigenvalue weighted by atomic mass is 19.4. The number of piperidine rings is 2. The molecule has 2 saturated heterocycles. The quantitative estimate of drug-likeness (QED) is 0.538. The Hall–Kier alpha value is -3.15. The third-order valence-electron chi connectivity index (χ3n) is 7.29. The van der Waals surface area contributed by atoms with E-state index in [2.05, 4.69) is 0 Å². The summed E-state index contributed by atoms with van der Waals surface area (Å²) in [6.07, 6.45) is -7.71. The molecule has 38 heavy (non-hydrogen) atoms. The van der Waals surface area contributed by atoms with Crippen LogP contribution in [0, 0.1) is 5.82 Å². The van der Waals surface area contributed by atoms with Crippen LogP contribution in [-0.2, 0) is 17.1 Å². The van der Waals surface area contributed by atoms with Crippen LogP contribution in [0.1, 0.15) is 58.6 Å². The predicted octanol–water partition coefficient (Wildman–Crippen LogP) is 5.20. The van der Waals surface area contributed by atoms with Gasteiger partial charge in [0.15, 0.2) is 0 Å². The number of hydrogen-bond donors (Lipinski definition) is 1. The minimum Gasteiger partial charge on any atom is -0.368 e. The van der Waals surface area contributed by atoms with E-state index in [0.717, 1.165) is 12.8 Å². The molecule has 4 rings (SSSR count). The molecule has 0 spiro atoms. The predicted molar refractivity (Wildman–Crippen MR) is 123 cm³/mol. The van der Waals surface area contributed by atoms with Gasteiger partial charge in [0.2, 0.25) is 5.91 Å². The Morgan fingerprint density at radius 3 is 2.00 bits per heavy atom. The van der Waals surface area contributed by atoms with E-state index in [9.17, 15) is 40.3 Å². The molecule has 0 radical (unpaired) electrons. The molecule has 0 aliphatic carbocycles. The zero-order valence-electron chi connectivity index (χ0n) is 20.2. The van der Waals surface area contributed by atoms with Crippen LogP contribution in [0.4, 0.5) is 30.7 Å². The van der Waals surface area contributed by atoms with Crippen molar-refractivity contribution in [3.8, 4) is 0 Å². The Labute approximate surface area is 214 Å². The number of nitrogens with zero attached hydrogens (tertiary/aromatic N) is 2. The molecule has 2 aromatic carbocycles. The summed E-state index contributed by atoms with van der Waals surface area (Å²) in [5.41, 5.74) is 2.40. The van der Waals surface area contributed by atoms with Gasteiger partial charge in [0.05, 0.1) is 17.2 Å². The van der Waals surface area contributed by atoms with E-state index < -0.39 is 58.6 Å². The van der Waals surface area contributed by atoms with Crippen LogP contribution in [0.5, 0.6) is 0 Å². The standard InChI is InChI=1S/C26H26F7N3O2/c27-19-6-4-15(5-7-19)20-14-35(10-8-21(20)36-9-2-1-3-22(36)23(34)37)24(38)16-11-17(25(28,29)30)13-18(12-16)26(31,32)33/h4-7,11-13,20-22H,1-3,8-10,14H2,(H2,34,37). The molecule has 2 amide bonds. The van der Waals surface area contributed by atoms with E-state index in [1.165, 1.54) is 29.2 Å². The lowest BCUT2D eigenvalue weighted by atomic mass is 9.82. The lowest BCUT2D eigenvalue weighted by Gasteiger charge is -2.47. The van der Waals surface area contributed by atoms with E-state index in [1.807, 2.05) is 4.90 Å². The Morgan fingerprint density at radius 2 is 1.45 bits per heavy atom. The highest BCUT2D eigenvalue weighted by Gasteiger charge is 2.42. The van der Waals surface area contributed by atoms with Crippen molar-refractivity contribution in [2.45, 2.75) is 56.0 Å². The van der Waals surface area contributed by atoms with Gasteiger partial charge in [-0.1, -0.05) is 18.6 Å². The number of halogens is 7. The average molecular weight is 545 g/mol. The number of hydrogen-bond acceptors (Lipinski definition) is 3. The number of carbonyl (C=O) groups is 2. The van der Waals surface area contributed by atoms with Gasteiger partial charge < -0.3 is 10.6 Å². The molecule has 3 unspecified atom stereocenters. The van der Waals surface area contributed by atoms with Crippen LogP contribution in [-0.4, -0.2) is 53.3 Å². The summed E-state index contributed by atoms with van der Waals surface area (Å²) in [5, 5.41) is 0. The van der Waals surface area contributed by atoms with Gasteiger partial charge in [-0.25, -0.2) is 4.39 Å². The van der Waals surface area contributed by atoms with Crippen LogP contribution in [0.15, 0.2) is 42.5 Å². The molecular weight excluding hydrogens is 519 g/mol. The van der Waals surface area contributed by atoms with Crippen molar-refractivity contribution >= 4 is 11.8 Å². The van der Waals surface area contributed by atoms with Gasteiger partial charge in [0.25, 0.3) is 5.91 Å². The lowest BCUT2D eigenvalue weighted by molar-refractivity contribution is -0.143. The van der Waals surface area contributed by atoms with Gasteiger partial charge in [0.1, 0.15) is 5.82 Å². The van der Waals surface area contributed by atoms with Crippen molar-refractivity contribution in [2.24, 2.45) is 5.73 Å². The van der Waals surface area contributed by atoms with Crippen molar-refractivity contribution in [3.63, 3.8) is 0 Å². The van der Waals surface area contributed by atoms with E-state index in [1.54, 1.807) is 0 Å². The zero-order chi connectivity index (χ0) is 27.8. The molecule has 0 bridgehead atoms. The summed E-state index contributed by atoms with van der Waals surface area (Å²) in [4.78, 5) is 28.6. The SMILES string of the molecule is NC(=O)C1CCCCN1C1CCN(C(=O)c2cc(C(F)(F)F)cc(C(F)(F)F)c2)CC1c1ccc(F)cc1. The van der Waals surface area contributed by atoms with Gasteiger partial charge in [-0.3, -0.25) is 14.5 Å². The molecule has 2 aromatic rings. The first-order valence-electron chi connectivity index (χ1n) is 12.1. The molecule has 2 aliphatic rings. The molecule has 206 valence electrons. The molecule has 0 saturated carbocycles. The summed E-state index contributed by atoms with van der Waals surface area (Å²) in [5.74, 6) is -2.45. The van der Waals surface area contributed by atoms with Gasteiger partial charge in [-0.2, -0.15) is 26.3 Å². The summed E-state index contributed by atoms with van der Waals surface area (Å²) < 4.78 is 93.8. The highest BCUT2D eigenvalue weighted by Crippen LogP contribution is 2.38. The van der Waals surface area contributed by atoms with E-state index in [0.29, 0.717) is 37.1 Å². The Kier molecular flexibility index (Phi) is 7.74. The van der Waals surface area contributed by atoms with E-state index in [-0.39, 0.29) is 25.2 Å². The second-order valence-corrected chi connectivity index (χ2v) is 9.71. The maximum atomic E-state index is 13.6. The van der Waals surface area contributed by atoms with Gasteiger partial charge in [-0.05, 0) is 61.7 Å². The molecule has 0 aromatic heterocycles. The largest absolute Gasteiger partial charge is 0.416 e. The second-order valence-electron chi connectivity index (χ2n) is 9.71. The number of amides is 2. The maximum Gasteiger partial charge on any atom is 0.416 e. The summed E-state index contributed by atoms with van der Waals surface area (Å²) >= 11 is 0. The normalized spacial score (nSPS) is 23.3. The molecule has 2 aliphatic heterocycles. The van der Waals surface area contributed by atoms with Crippen LogP contribution < -0.4 is 5.73 Å². The molecule has 2 N–H and O–H groups in total. The minimum atomic E-state index is -5.09. The van der Waals surface area contributed by atoms with Crippen LogP contribution in [0.25, 0.3) is 0 Å². The van der Waals surface area contributed by atoms with Crippen molar-refractivity contribution < 1.29 is 40.3 Å². The first kappa shape index (κ1) is 27.9. The molecule has 3 atom stereocenters. The van der Waals surface area contributed by atoms with Crippen molar-refractivity contribution in [3.05, 3.63) is 70.5 Å². The first-order valence-corrected chi connectivity index (χ1v) is 12.1. The average Bonchev–Trinajstić information content (AvgIpc) is 2.87. The molecule has 12 heteroatoms. The third-order valence-corrected chi connectivity index (χ3v) is 7.29. The second kappa shape index (κ2) is 10.5. The van der Waals surface area contributed by atoms with Crippen molar-refractivity contribution in [1.29, 1.82) is 0 Å². The van der Waals surface area contributed by atoms with Crippen LogP contribution in [0.2, 0.25) is 0 Å². The van der Waals surface area contributed by atoms with Crippen LogP contribution in [0.3, 0.4) is 0 Å². The lowest BCUT2D eigenvalue weighted by Crippen LogP contribution is -2.58. The summed E-state index contributed by atoms with van der Waals surface area (Å²) in [6, 6.07) is 5.49. The van der Waals surface area contributed by atoms with Crippen molar-refractivity contribution in [1.82, 2.24) is 9.80 Å². The fourth-order valence-electron chi connectivity index (χ4n) is 5.48. The monoisotopic (exact) mass is 545 g/mol. The zero-order valence-corrected chi connectivity index (χ0v) is 20.2. The van der Waals surface area contributed by atoms with Gasteiger partial charge in [-0.15, -0.1) is 0 Å². The Bertz CT molecular complexity index is 1150. The summed E-state index contributed by atoms with van der Waals surface area (Å²) in [6.45, 7) is 0.558. The Balaban J connectivity index is 1.68. The van der Waals surface area contributed by atoms with E-state index >= 15 is 0 Å². The van der Waals surface area contributed by atoms with E-state index in [4.69, 9.17) is 5.73 Å². The molecule has 5 nitrogen and oxygen atoms in total. The first-order chi connectivity index (χ1) is 17.8. The number of primary amides is 1. The number of benzene rings is 2. The molecular formula is C26H26F7N3O2. The number of rotatable bonds is 4. The number of nitrogens with two attached hydrogens (primary N) is 1. The smallest absolute Gasteiger partial charge is 0.368 e. The topological polar surface area (TPSA) is 66.6 Å². The van der Waals surface area contributed by atoms with Crippen LogP contribution >= 0.6 is 0 Å². The van der Waals surface area contributed by atoms with Crippen molar-refractivity contribution in [2.75, 3.05) is 19.6 Å². The van der Waals surface area contributed by atoms with Gasteiger partial charge >= 0.3 is 12.4 Å². The third kappa shape index (κ3) is 5.95. The highest BCUT2D eigenvalue weighted by molar-refractivity contribution is 5.95. The fraction of sp³-hybridized carbons (Fsp3) is 0.462. The van der Waals surface area contributed by atoms with Gasteiger partial charge in [0, 0.05) is 30.6 Å². The number of likely N-dealkylation sites (tertiary alicyclic amines) is 2. The fourth-order valence-corrected chi connectivity index (χ4v) is 5.48. The summed E-state index contributed by atoms with van der Waals surface area (Å²) in [7, 11) is 0. The number of alkyl halides is 6. The minimum absolute atomic E-state index is 0.0232. The Morgan fingerprint density at radius 1 is 0.842 bits per heavy atom. The number of carbonyl (C=O) groups excluding carboxylic acids is 2. The maximum absolute atomic E-state index is 13.6.